The van der Waals surface area contributed by atoms with Gasteiger partial charge in [-0.1, -0.05) is 32.6 Å². The van der Waals surface area contributed by atoms with Gasteiger partial charge in [0.2, 0.25) is 5.91 Å². The molecule has 24 heavy (non-hydrogen) atoms. The predicted octanol–water partition coefficient (Wildman–Crippen LogP) is 4.38. The summed E-state index contributed by atoms with van der Waals surface area (Å²) in [5.74, 6) is 0.931. The molecule has 2 fully saturated rings. The topological polar surface area (TPSA) is 66.4 Å². The van der Waals surface area contributed by atoms with Gasteiger partial charge in [-0.3, -0.25) is 9.59 Å². The zero-order valence-electron chi connectivity index (χ0n) is 15.3. The van der Waals surface area contributed by atoms with Crippen LogP contribution in [0.4, 0.5) is 0 Å². The first-order valence-corrected chi connectivity index (χ1v) is 10.1. The van der Waals surface area contributed by atoms with E-state index in [1.165, 1.54) is 38.5 Å². The lowest BCUT2D eigenvalue weighted by Crippen LogP contribution is -2.37. The van der Waals surface area contributed by atoms with E-state index in [1.54, 1.807) is 0 Å². The van der Waals surface area contributed by atoms with Crippen molar-refractivity contribution in [2.45, 2.75) is 84.0 Å². The van der Waals surface area contributed by atoms with Crippen molar-refractivity contribution in [1.82, 2.24) is 5.32 Å². The highest BCUT2D eigenvalue weighted by molar-refractivity contribution is 5.78. The molecule has 0 bridgehead atoms. The lowest BCUT2D eigenvalue weighted by Gasteiger charge is -2.29. The van der Waals surface area contributed by atoms with Gasteiger partial charge in [-0.2, -0.15) is 0 Å². The minimum absolute atomic E-state index is 0.167. The Labute approximate surface area is 146 Å². The maximum Gasteiger partial charge on any atom is 0.306 e. The Morgan fingerprint density at radius 1 is 0.875 bits per heavy atom. The Bertz CT molecular complexity index is 394. The van der Waals surface area contributed by atoms with Gasteiger partial charge in [-0.15, -0.1) is 0 Å². The molecule has 4 heteroatoms. The number of amides is 1. The van der Waals surface area contributed by atoms with E-state index in [-0.39, 0.29) is 17.7 Å². The molecule has 2 aliphatic rings. The number of carbonyl (C=O) groups excluding carboxylic acids is 1. The number of carbonyl (C=O) groups is 2. The van der Waals surface area contributed by atoms with Crippen LogP contribution < -0.4 is 5.32 Å². The summed E-state index contributed by atoms with van der Waals surface area (Å²) in [6.07, 6.45) is 13.2. The molecular weight excluding hydrogens is 302 g/mol. The van der Waals surface area contributed by atoms with Crippen LogP contribution in [-0.4, -0.2) is 23.5 Å². The monoisotopic (exact) mass is 337 g/mol. The van der Waals surface area contributed by atoms with Gasteiger partial charge in [0.1, 0.15) is 0 Å². The second-order valence-corrected chi connectivity index (χ2v) is 8.01. The van der Waals surface area contributed by atoms with Crippen LogP contribution in [0.15, 0.2) is 0 Å². The first-order valence-electron chi connectivity index (χ1n) is 10.1. The summed E-state index contributed by atoms with van der Waals surface area (Å²) < 4.78 is 0. The molecule has 0 unspecified atom stereocenters. The number of rotatable bonds is 8. The van der Waals surface area contributed by atoms with Crippen molar-refractivity contribution in [3.8, 4) is 0 Å². The van der Waals surface area contributed by atoms with Gasteiger partial charge < -0.3 is 10.4 Å². The molecule has 1 amide bonds. The average Bonchev–Trinajstić information content (AvgIpc) is 2.61. The Morgan fingerprint density at radius 2 is 1.46 bits per heavy atom. The molecule has 138 valence electrons. The number of carboxylic acid groups (broad SMARTS) is 1. The summed E-state index contributed by atoms with van der Waals surface area (Å²) in [5.41, 5.74) is 0. The minimum Gasteiger partial charge on any atom is -0.481 e. The van der Waals surface area contributed by atoms with Crippen molar-refractivity contribution >= 4 is 11.9 Å². The molecule has 0 aromatic carbocycles. The number of unbranched alkanes of at least 4 members (excludes halogenated alkanes) is 2. The Hall–Kier alpha value is -1.06. The van der Waals surface area contributed by atoms with E-state index in [2.05, 4.69) is 12.2 Å². The normalized spacial score (nSPS) is 30.7. The third-order valence-corrected chi connectivity index (χ3v) is 6.19. The Morgan fingerprint density at radius 3 is 2.04 bits per heavy atom. The van der Waals surface area contributed by atoms with Crippen LogP contribution in [0.5, 0.6) is 0 Å². The zero-order valence-corrected chi connectivity index (χ0v) is 15.3. The molecule has 0 radical (unpaired) electrons. The van der Waals surface area contributed by atoms with Crippen LogP contribution in [0, 0.1) is 23.7 Å². The van der Waals surface area contributed by atoms with Crippen molar-refractivity contribution in [2.24, 2.45) is 23.7 Å². The lowest BCUT2D eigenvalue weighted by atomic mass is 9.79. The second-order valence-electron chi connectivity index (χ2n) is 8.01. The van der Waals surface area contributed by atoms with Crippen molar-refractivity contribution in [3.63, 3.8) is 0 Å². The summed E-state index contributed by atoms with van der Waals surface area (Å²) in [6.45, 7) is 2.98. The summed E-state index contributed by atoms with van der Waals surface area (Å²) in [5, 5.41) is 12.2. The molecule has 0 aromatic heterocycles. The highest BCUT2D eigenvalue weighted by atomic mass is 16.4. The lowest BCUT2D eigenvalue weighted by molar-refractivity contribution is -0.143. The molecule has 0 saturated heterocycles. The molecule has 0 aliphatic heterocycles. The Kier molecular flexibility index (Phi) is 8.07. The van der Waals surface area contributed by atoms with Crippen LogP contribution in [-0.2, 0) is 9.59 Å². The van der Waals surface area contributed by atoms with Crippen molar-refractivity contribution in [1.29, 1.82) is 0 Å². The highest BCUT2D eigenvalue weighted by Crippen LogP contribution is 2.32. The van der Waals surface area contributed by atoms with Gasteiger partial charge in [0.15, 0.2) is 0 Å². The first kappa shape index (κ1) is 19.3. The maximum atomic E-state index is 12.4. The fourth-order valence-corrected chi connectivity index (χ4v) is 4.40. The standard InChI is InChI=1S/C20H35NO3/c1-2-3-4-5-15-6-10-17(11-7-15)19(22)21-14-16-8-12-18(13-9-16)20(23)24/h15-18H,2-14H2,1H3,(H,21,22)(H,23,24). The van der Waals surface area contributed by atoms with E-state index in [0.717, 1.165) is 51.0 Å². The largest absolute Gasteiger partial charge is 0.481 e. The molecule has 2 rings (SSSR count). The van der Waals surface area contributed by atoms with Gasteiger partial charge in [-0.05, 0) is 63.2 Å². The van der Waals surface area contributed by atoms with Crippen molar-refractivity contribution < 1.29 is 14.7 Å². The van der Waals surface area contributed by atoms with Gasteiger partial charge in [0.05, 0.1) is 5.92 Å². The van der Waals surface area contributed by atoms with Gasteiger partial charge in [0, 0.05) is 12.5 Å². The van der Waals surface area contributed by atoms with E-state index in [1.807, 2.05) is 0 Å². The molecular formula is C20H35NO3. The fraction of sp³-hybridized carbons (Fsp3) is 0.900. The van der Waals surface area contributed by atoms with Gasteiger partial charge >= 0.3 is 5.97 Å². The zero-order chi connectivity index (χ0) is 17.4. The smallest absolute Gasteiger partial charge is 0.306 e. The van der Waals surface area contributed by atoms with Crippen molar-refractivity contribution in [2.75, 3.05) is 6.54 Å². The Balaban J connectivity index is 1.59. The van der Waals surface area contributed by atoms with E-state index in [9.17, 15) is 9.59 Å². The van der Waals surface area contributed by atoms with Crippen LogP contribution in [0.1, 0.15) is 84.0 Å². The molecule has 2 aliphatic carbocycles. The second kappa shape index (κ2) is 10.0. The third-order valence-electron chi connectivity index (χ3n) is 6.19. The average molecular weight is 338 g/mol. The SMILES string of the molecule is CCCCCC1CCC(C(=O)NCC2CCC(C(=O)O)CC2)CC1. The van der Waals surface area contributed by atoms with Crippen LogP contribution >= 0.6 is 0 Å². The minimum atomic E-state index is -0.659. The predicted molar refractivity (Wildman–Crippen MR) is 95.7 cm³/mol. The van der Waals surface area contributed by atoms with Crippen LogP contribution in [0.25, 0.3) is 0 Å². The summed E-state index contributed by atoms with van der Waals surface area (Å²) in [7, 11) is 0. The van der Waals surface area contributed by atoms with Crippen LogP contribution in [0.3, 0.4) is 0 Å². The van der Waals surface area contributed by atoms with Crippen molar-refractivity contribution in [3.05, 3.63) is 0 Å². The molecule has 2 saturated carbocycles. The molecule has 4 nitrogen and oxygen atoms in total. The van der Waals surface area contributed by atoms with Gasteiger partial charge in [-0.25, -0.2) is 0 Å². The maximum absolute atomic E-state index is 12.4. The van der Waals surface area contributed by atoms with Gasteiger partial charge in [0.25, 0.3) is 0 Å². The molecule has 0 spiro atoms. The number of aliphatic carboxylic acids is 1. The first-order chi connectivity index (χ1) is 11.6. The van der Waals surface area contributed by atoms with Crippen LogP contribution in [0.2, 0.25) is 0 Å². The van der Waals surface area contributed by atoms with E-state index >= 15 is 0 Å². The number of carboxylic acids is 1. The number of nitrogens with one attached hydrogen (secondary N) is 1. The quantitative estimate of drug-likeness (QED) is 0.646. The fourth-order valence-electron chi connectivity index (χ4n) is 4.40. The summed E-state index contributed by atoms with van der Waals surface area (Å²) >= 11 is 0. The molecule has 0 aromatic rings. The molecule has 2 N–H and O–H groups in total. The van der Waals surface area contributed by atoms with E-state index in [0.29, 0.717) is 5.92 Å². The highest BCUT2D eigenvalue weighted by Gasteiger charge is 2.28. The third kappa shape index (κ3) is 6.10. The molecule has 0 atom stereocenters. The summed E-state index contributed by atoms with van der Waals surface area (Å²) in [4.78, 5) is 23.3. The summed E-state index contributed by atoms with van der Waals surface area (Å²) in [6, 6.07) is 0. The number of hydrogen-bond acceptors (Lipinski definition) is 2. The van der Waals surface area contributed by atoms with E-state index in [4.69, 9.17) is 5.11 Å². The molecule has 0 heterocycles. The number of hydrogen-bond donors (Lipinski definition) is 2. The van der Waals surface area contributed by atoms with E-state index < -0.39 is 5.97 Å².